The van der Waals surface area contributed by atoms with Gasteiger partial charge in [-0.15, -0.1) is 0 Å². The maximum Gasteiger partial charge on any atom is 0.321 e. The van der Waals surface area contributed by atoms with E-state index in [1.54, 1.807) is 0 Å². The van der Waals surface area contributed by atoms with Crippen molar-refractivity contribution in [3.63, 3.8) is 0 Å². The lowest BCUT2D eigenvalue weighted by atomic mass is 9.84. The van der Waals surface area contributed by atoms with E-state index in [0.29, 0.717) is 56.3 Å². The van der Waals surface area contributed by atoms with Crippen LogP contribution in [0.5, 0.6) is 0 Å². The summed E-state index contributed by atoms with van der Waals surface area (Å²) in [7, 11) is 1.31. The summed E-state index contributed by atoms with van der Waals surface area (Å²) < 4.78 is 11.1. The first-order valence-electron chi connectivity index (χ1n) is 24.9. The minimum atomic E-state index is -1.12. The number of nitrogens with zero attached hydrogens (tertiary/aromatic N) is 2. The lowest BCUT2D eigenvalue weighted by molar-refractivity contribution is -0.143. The Morgan fingerprint density at radius 2 is 1.42 bits per heavy atom. The number of nitrogens with one attached hydrogen (secondary N) is 2. The third kappa shape index (κ3) is 11.1. The first-order valence-corrected chi connectivity index (χ1v) is 24.9. The number of rotatable bonds is 20. The highest BCUT2D eigenvalue weighted by molar-refractivity contribution is 5.96. The number of aryl methyl sites for hydroxylation is 2. The lowest BCUT2D eigenvalue weighted by Crippen LogP contribution is -2.18. The fourth-order valence-electron chi connectivity index (χ4n) is 10.8. The van der Waals surface area contributed by atoms with Crippen molar-refractivity contribution in [2.45, 2.75) is 176 Å². The van der Waals surface area contributed by atoms with Gasteiger partial charge in [0, 0.05) is 74.2 Å². The average molecular weight is 907 g/mol. The number of hydrogen-bond donors (Lipinski definition) is 5. The number of hydrogen-bond acceptors (Lipinski definition) is 9. The van der Waals surface area contributed by atoms with Gasteiger partial charge in [-0.1, -0.05) is 99.0 Å². The molecule has 5 N–H and O–H groups in total. The molecule has 360 valence electrons. The standard InChI is InChI=1S/C55H78N4O7/c1-12-38-34(7)40-28-45-48(46(61)29-60)36(9)42(57-45)26-41-35(8)39(52(58-41)50-51(55(64)65-11)54(63)49-37(10)43(59-53(49)50)27-44(38)56-40)22-23-47(62)66-25-24-33(6)21-15-20-32(5)19-14-18-31(4)17-13-16-30(2)3/h24,26-28,30-32,34-35,38-39,51,57,59-61,63H,12-23,25,29H2,1-11H3/b33-24+,41-26?,44-27?,45-28?,48-46+/t31-,32-,34-,35+,38-,39+,51-/m1/s1. The summed E-state index contributed by atoms with van der Waals surface area (Å²) in [6.45, 7) is 21.3. The van der Waals surface area contributed by atoms with E-state index < -0.39 is 18.5 Å². The van der Waals surface area contributed by atoms with Crippen molar-refractivity contribution in [3.8, 4) is 0 Å². The number of aliphatic hydroxyl groups excluding tert-OH is 3. The van der Waals surface area contributed by atoms with Crippen molar-refractivity contribution < 1.29 is 34.4 Å². The normalized spacial score (nSPS) is 20.8. The van der Waals surface area contributed by atoms with E-state index in [-0.39, 0.29) is 54.2 Å². The van der Waals surface area contributed by atoms with E-state index in [2.05, 4.69) is 65.4 Å². The number of esters is 2. The van der Waals surface area contributed by atoms with E-state index in [1.165, 1.54) is 57.6 Å². The average Bonchev–Trinajstić information content (AvgIpc) is 4.02. The molecule has 0 radical (unpaired) electrons. The van der Waals surface area contributed by atoms with Gasteiger partial charge in [-0.3, -0.25) is 19.6 Å². The number of carbonyl (C=O) groups excluding carboxylic acids is 2. The molecule has 3 aromatic rings. The first kappa shape index (κ1) is 50.5. The third-order valence-electron chi connectivity index (χ3n) is 15.0. The molecule has 8 bridgehead atoms. The number of carbonyl (C=O) groups is 2. The van der Waals surface area contributed by atoms with Crippen LogP contribution in [0.4, 0.5) is 0 Å². The van der Waals surface area contributed by atoms with Gasteiger partial charge in [0.2, 0.25) is 0 Å². The Morgan fingerprint density at radius 1 is 0.818 bits per heavy atom. The molecule has 0 unspecified atom stereocenters. The molecule has 7 atom stereocenters. The second-order valence-electron chi connectivity index (χ2n) is 20.4. The minimum absolute atomic E-state index is 0.0604. The van der Waals surface area contributed by atoms with Gasteiger partial charge in [-0.2, -0.15) is 0 Å². The van der Waals surface area contributed by atoms with Gasteiger partial charge in [0.15, 0.2) is 0 Å². The Hall–Kier alpha value is -4.90. The molecule has 0 fully saturated rings. The fourth-order valence-corrected chi connectivity index (χ4v) is 10.8. The third-order valence-corrected chi connectivity index (χ3v) is 15.0. The number of aromatic nitrogens is 4. The molecule has 0 aromatic carbocycles. The molecule has 3 aliphatic rings. The number of aromatic amines is 2. The quantitative estimate of drug-likeness (QED) is 0.0547. The summed E-state index contributed by atoms with van der Waals surface area (Å²) in [5.41, 5.74) is 8.99. The number of H-pyrrole nitrogens is 2. The van der Waals surface area contributed by atoms with E-state index in [1.807, 2.05) is 38.1 Å². The number of allylic oxidation sites excluding steroid dienone is 1. The van der Waals surface area contributed by atoms with Crippen molar-refractivity contribution in [3.05, 3.63) is 79.8 Å². The fraction of sp³-hybridized carbons (Fsp3) is 0.600. The van der Waals surface area contributed by atoms with E-state index in [4.69, 9.17) is 19.4 Å². The highest BCUT2D eigenvalue weighted by Crippen LogP contribution is 2.46. The van der Waals surface area contributed by atoms with Crippen molar-refractivity contribution in [1.82, 2.24) is 19.9 Å². The zero-order valence-corrected chi connectivity index (χ0v) is 41.7. The van der Waals surface area contributed by atoms with Crippen LogP contribution in [-0.2, 0) is 19.1 Å². The summed E-state index contributed by atoms with van der Waals surface area (Å²) in [6, 6.07) is 5.93. The molecular formula is C55H78N4O7. The van der Waals surface area contributed by atoms with Crippen LogP contribution < -0.4 is 10.4 Å². The monoisotopic (exact) mass is 907 g/mol. The highest BCUT2D eigenvalue weighted by atomic mass is 16.5. The van der Waals surface area contributed by atoms with Crippen LogP contribution in [-0.4, -0.2) is 67.5 Å². The number of methoxy groups -OCH3 is 1. The van der Waals surface area contributed by atoms with Crippen LogP contribution in [0.1, 0.15) is 201 Å². The molecular weight excluding hydrogens is 829 g/mol. The molecule has 0 amide bonds. The Bertz CT molecular complexity index is 2570. The van der Waals surface area contributed by atoms with E-state index in [9.17, 15) is 24.9 Å². The van der Waals surface area contributed by atoms with Crippen LogP contribution >= 0.6 is 0 Å². The minimum Gasteiger partial charge on any atom is -0.510 e. The molecule has 0 saturated heterocycles. The summed E-state index contributed by atoms with van der Waals surface area (Å²) in [6.07, 6.45) is 14.6. The van der Waals surface area contributed by atoms with Gasteiger partial charge in [0.05, 0.1) is 23.8 Å². The molecule has 66 heavy (non-hydrogen) atoms. The second-order valence-corrected chi connectivity index (χ2v) is 20.4. The Morgan fingerprint density at radius 3 is 2.08 bits per heavy atom. The summed E-state index contributed by atoms with van der Waals surface area (Å²) in [5.74, 6) is -0.373. The number of fused-ring (bicyclic) bond motifs is 8. The van der Waals surface area contributed by atoms with E-state index >= 15 is 0 Å². The van der Waals surface area contributed by atoms with Crippen LogP contribution in [0, 0.1) is 31.6 Å². The van der Waals surface area contributed by atoms with E-state index in [0.717, 1.165) is 59.1 Å². The topological polar surface area (TPSA) is 171 Å². The number of ether oxygens (including phenoxy) is 2. The molecule has 5 heterocycles. The predicted octanol–water partition coefficient (Wildman–Crippen LogP) is 11.4. The van der Waals surface area contributed by atoms with Crippen molar-refractivity contribution in [1.29, 1.82) is 0 Å². The maximum absolute atomic E-state index is 13.7. The summed E-state index contributed by atoms with van der Waals surface area (Å²) in [5, 5.41) is 34.2. The van der Waals surface area contributed by atoms with Gasteiger partial charge < -0.3 is 34.8 Å². The van der Waals surface area contributed by atoms with Crippen molar-refractivity contribution >= 4 is 45.5 Å². The molecule has 11 nitrogen and oxygen atoms in total. The summed E-state index contributed by atoms with van der Waals surface area (Å²) in [4.78, 5) is 44.6. The molecule has 0 saturated carbocycles. The van der Waals surface area contributed by atoms with Gasteiger partial charge in [-0.25, -0.2) is 0 Å². The molecule has 6 rings (SSSR count). The molecule has 1 aliphatic carbocycles. The maximum atomic E-state index is 13.7. The van der Waals surface area contributed by atoms with Gasteiger partial charge in [-0.05, 0) is 99.6 Å². The van der Waals surface area contributed by atoms with Gasteiger partial charge in [0.25, 0.3) is 0 Å². The molecule has 3 aromatic heterocycles. The van der Waals surface area contributed by atoms with Crippen molar-refractivity contribution in [2.75, 3.05) is 20.3 Å². The predicted molar refractivity (Wildman–Crippen MR) is 265 cm³/mol. The molecule has 11 heteroatoms. The lowest BCUT2D eigenvalue weighted by Gasteiger charge is -2.19. The Kier molecular flexibility index (Phi) is 17.0. The van der Waals surface area contributed by atoms with Crippen LogP contribution in [0.25, 0.3) is 33.6 Å². The zero-order chi connectivity index (χ0) is 48.0. The van der Waals surface area contributed by atoms with Gasteiger partial charge >= 0.3 is 11.9 Å². The second kappa shape index (κ2) is 22.3. The van der Waals surface area contributed by atoms with Gasteiger partial charge in [0.1, 0.15) is 30.6 Å². The SMILES string of the molecule is CC[C@H]1c2cc3[nH]c4c(c5nc(cc6[nH]c(cc(n2)[C@@H]1C)/c(=C(/O)CO)c6C)[C@@H](C)[C@@H]5CCC(=O)OC/C=C(\C)CCC[C@H](C)CCC[C@H](C)CCCC(C)C)[C@@H](C(=O)OC)C(O)=c4c3C. The van der Waals surface area contributed by atoms with Crippen molar-refractivity contribution in [2.24, 2.45) is 17.8 Å². The molecule has 0 spiro atoms. The Labute approximate surface area is 392 Å². The highest BCUT2D eigenvalue weighted by Gasteiger charge is 2.42. The van der Waals surface area contributed by atoms with Crippen LogP contribution in [0.2, 0.25) is 0 Å². The summed E-state index contributed by atoms with van der Waals surface area (Å²) >= 11 is 0. The number of aliphatic hydroxyl groups is 3. The zero-order valence-electron chi connectivity index (χ0n) is 41.7. The van der Waals surface area contributed by atoms with Crippen LogP contribution in [0.3, 0.4) is 0 Å². The first-order chi connectivity index (χ1) is 31.5. The smallest absolute Gasteiger partial charge is 0.321 e. The molecule has 2 aliphatic heterocycles. The Balaban J connectivity index is 1.27. The van der Waals surface area contributed by atoms with Crippen LogP contribution in [0.15, 0.2) is 29.8 Å². The largest absolute Gasteiger partial charge is 0.510 e.